The Hall–Kier alpha value is -0.250. The smallest absolute Gasteiger partial charge is 0.389 e. The highest BCUT2D eigenvalue weighted by Gasteiger charge is 2.40. The molecule has 0 amide bonds. The molecule has 1 saturated carbocycles. The number of halogens is 3. The van der Waals surface area contributed by atoms with Crippen LogP contribution in [-0.2, 0) is 0 Å². The van der Waals surface area contributed by atoms with Crippen LogP contribution in [0.1, 0.15) is 46.0 Å². The minimum absolute atomic E-state index is 0.00891. The fourth-order valence-electron chi connectivity index (χ4n) is 2.58. The molecule has 1 nitrogen and oxygen atoms in total. The molecule has 1 aliphatic rings. The van der Waals surface area contributed by atoms with E-state index in [4.69, 9.17) is 0 Å². The topological polar surface area (TPSA) is 20.2 Å². The molecule has 0 heterocycles. The lowest BCUT2D eigenvalue weighted by Gasteiger charge is -2.31. The molecule has 2 unspecified atom stereocenters. The number of aliphatic hydroxyl groups excluding tert-OH is 1. The monoisotopic (exact) mass is 224 g/mol. The van der Waals surface area contributed by atoms with Crippen molar-refractivity contribution in [3.05, 3.63) is 0 Å². The van der Waals surface area contributed by atoms with Crippen molar-refractivity contribution in [2.24, 2.45) is 11.3 Å². The van der Waals surface area contributed by atoms with Crippen LogP contribution in [0.4, 0.5) is 13.2 Å². The third-order valence-corrected chi connectivity index (χ3v) is 3.53. The van der Waals surface area contributed by atoms with Gasteiger partial charge < -0.3 is 5.11 Å². The maximum atomic E-state index is 12.0. The first-order chi connectivity index (χ1) is 6.72. The molecule has 15 heavy (non-hydrogen) atoms. The third-order valence-electron chi connectivity index (χ3n) is 3.53. The normalized spacial score (nSPS) is 28.0. The Bertz CT molecular complexity index is 210. The summed E-state index contributed by atoms with van der Waals surface area (Å²) in [6, 6.07) is 0. The van der Waals surface area contributed by atoms with E-state index >= 15 is 0 Å². The van der Waals surface area contributed by atoms with E-state index in [1.165, 1.54) is 0 Å². The average Bonchev–Trinajstić information content (AvgIpc) is 2.40. The van der Waals surface area contributed by atoms with Crippen LogP contribution in [0.3, 0.4) is 0 Å². The van der Waals surface area contributed by atoms with Crippen LogP contribution in [0.15, 0.2) is 0 Å². The molecule has 4 heteroatoms. The second-order valence-corrected chi connectivity index (χ2v) is 5.21. The van der Waals surface area contributed by atoms with Gasteiger partial charge in [0, 0.05) is 6.42 Å². The van der Waals surface area contributed by atoms with Crippen LogP contribution < -0.4 is 0 Å². The summed E-state index contributed by atoms with van der Waals surface area (Å²) < 4.78 is 36.0. The van der Waals surface area contributed by atoms with Gasteiger partial charge in [0.05, 0.1) is 6.10 Å². The van der Waals surface area contributed by atoms with E-state index in [0.717, 1.165) is 19.3 Å². The number of rotatable bonds is 3. The van der Waals surface area contributed by atoms with Gasteiger partial charge in [0.1, 0.15) is 0 Å². The Morgan fingerprint density at radius 3 is 2.40 bits per heavy atom. The van der Waals surface area contributed by atoms with Gasteiger partial charge in [-0.1, -0.05) is 20.3 Å². The molecule has 0 aromatic carbocycles. The number of hydrogen-bond donors (Lipinski definition) is 1. The third kappa shape index (κ3) is 3.67. The molecular formula is C11H19F3O. The molecule has 0 bridgehead atoms. The Morgan fingerprint density at radius 2 is 2.00 bits per heavy atom. The average molecular weight is 224 g/mol. The molecule has 1 N–H and O–H groups in total. The fraction of sp³-hybridized carbons (Fsp3) is 1.00. The van der Waals surface area contributed by atoms with E-state index in [9.17, 15) is 18.3 Å². The summed E-state index contributed by atoms with van der Waals surface area (Å²) in [6.07, 6.45) is -3.11. The lowest BCUT2D eigenvalue weighted by Crippen LogP contribution is -2.30. The summed E-state index contributed by atoms with van der Waals surface area (Å²) in [4.78, 5) is 0. The van der Waals surface area contributed by atoms with Crippen LogP contribution in [0, 0.1) is 11.3 Å². The molecule has 1 aliphatic carbocycles. The summed E-state index contributed by atoms with van der Waals surface area (Å²) >= 11 is 0. The van der Waals surface area contributed by atoms with Crippen molar-refractivity contribution >= 4 is 0 Å². The standard InChI is InChI=1S/C11H19F3O/c1-10(2)6-3-4-8(10)9(15)5-7-11(12,13)14/h8-9,15H,3-7H2,1-2H3. The Kier molecular flexibility index (Phi) is 3.69. The molecule has 0 aliphatic heterocycles. The number of hydrogen-bond acceptors (Lipinski definition) is 1. The largest absolute Gasteiger partial charge is 0.393 e. The Balaban J connectivity index is 2.43. The molecule has 2 atom stereocenters. The molecular weight excluding hydrogens is 205 g/mol. The van der Waals surface area contributed by atoms with Gasteiger partial charge in [-0.3, -0.25) is 0 Å². The number of alkyl halides is 3. The van der Waals surface area contributed by atoms with E-state index in [-0.39, 0.29) is 17.8 Å². The second kappa shape index (κ2) is 4.32. The Morgan fingerprint density at radius 1 is 1.40 bits per heavy atom. The van der Waals surface area contributed by atoms with Crippen molar-refractivity contribution < 1.29 is 18.3 Å². The highest BCUT2D eigenvalue weighted by atomic mass is 19.4. The minimum atomic E-state index is -4.15. The second-order valence-electron chi connectivity index (χ2n) is 5.21. The first-order valence-corrected chi connectivity index (χ1v) is 5.47. The van der Waals surface area contributed by atoms with Gasteiger partial charge in [-0.15, -0.1) is 0 Å². The van der Waals surface area contributed by atoms with Crippen molar-refractivity contribution in [1.82, 2.24) is 0 Å². The zero-order valence-electron chi connectivity index (χ0n) is 9.27. The van der Waals surface area contributed by atoms with Crippen molar-refractivity contribution in [2.75, 3.05) is 0 Å². The summed E-state index contributed by atoms with van der Waals surface area (Å²) in [7, 11) is 0. The zero-order chi connectivity index (χ0) is 11.7. The van der Waals surface area contributed by atoms with Crippen LogP contribution in [-0.4, -0.2) is 17.4 Å². The van der Waals surface area contributed by atoms with Gasteiger partial charge in [-0.05, 0) is 30.6 Å². The van der Waals surface area contributed by atoms with Crippen molar-refractivity contribution in [1.29, 1.82) is 0 Å². The predicted molar refractivity (Wildman–Crippen MR) is 52.4 cm³/mol. The van der Waals surface area contributed by atoms with Gasteiger partial charge >= 0.3 is 6.18 Å². The van der Waals surface area contributed by atoms with Gasteiger partial charge in [0.15, 0.2) is 0 Å². The molecule has 0 saturated heterocycles. The van der Waals surface area contributed by atoms with E-state index in [1.807, 2.05) is 13.8 Å². The van der Waals surface area contributed by atoms with E-state index < -0.39 is 18.7 Å². The van der Waals surface area contributed by atoms with Crippen LogP contribution in [0.2, 0.25) is 0 Å². The van der Waals surface area contributed by atoms with Gasteiger partial charge in [0.2, 0.25) is 0 Å². The quantitative estimate of drug-likeness (QED) is 0.777. The highest BCUT2D eigenvalue weighted by molar-refractivity contribution is 4.89. The molecule has 0 spiro atoms. The fourth-order valence-corrected chi connectivity index (χ4v) is 2.58. The van der Waals surface area contributed by atoms with E-state index in [1.54, 1.807) is 0 Å². The molecule has 1 rings (SSSR count). The summed E-state index contributed by atoms with van der Waals surface area (Å²) in [6.45, 7) is 4.06. The highest BCUT2D eigenvalue weighted by Crippen LogP contribution is 2.45. The molecule has 90 valence electrons. The number of aliphatic hydroxyl groups is 1. The van der Waals surface area contributed by atoms with Gasteiger partial charge in [-0.25, -0.2) is 0 Å². The van der Waals surface area contributed by atoms with Crippen LogP contribution >= 0.6 is 0 Å². The SMILES string of the molecule is CC1(C)CCCC1C(O)CCC(F)(F)F. The zero-order valence-corrected chi connectivity index (χ0v) is 9.27. The van der Waals surface area contributed by atoms with Crippen molar-refractivity contribution in [2.45, 2.75) is 58.2 Å². The maximum absolute atomic E-state index is 12.0. The lowest BCUT2D eigenvalue weighted by atomic mass is 9.77. The first kappa shape index (κ1) is 12.8. The summed E-state index contributed by atoms with van der Waals surface area (Å²) in [5.74, 6) is 0.0276. The van der Waals surface area contributed by atoms with E-state index in [0.29, 0.717) is 0 Å². The van der Waals surface area contributed by atoms with E-state index in [2.05, 4.69) is 0 Å². The molecule has 0 aromatic heterocycles. The maximum Gasteiger partial charge on any atom is 0.389 e. The molecule has 1 fully saturated rings. The van der Waals surface area contributed by atoms with Crippen LogP contribution in [0.25, 0.3) is 0 Å². The van der Waals surface area contributed by atoms with Gasteiger partial charge in [0.25, 0.3) is 0 Å². The molecule has 0 aromatic rings. The van der Waals surface area contributed by atoms with Crippen LogP contribution in [0.5, 0.6) is 0 Å². The predicted octanol–water partition coefficient (Wildman–Crippen LogP) is 3.52. The summed E-state index contributed by atoms with van der Waals surface area (Å²) in [5, 5.41) is 9.75. The minimum Gasteiger partial charge on any atom is -0.393 e. The van der Waals surface area contributed by atoms with Crippen molar-refractivity contribution in [3.63, 3.8) is 0 Å². The van der Waals surface area contributed by atoms with Crippen molar-refractivity contribution in [3.8, 4) is 0 Å². The summed E-state index contributed by atoms with van der Waals surface area (Å²) in [5.41, 5.74) is -0.00891. The van der Waals surface area contributed by atoms with Gasteiger partial charge in [-0.2, -0.15) is 13.2 Å². The first-order valence-electron chi connectivity index (χ1n) is 5.47. The molecule has 0 radical (unpaired) electrons. The Labute approximate surface area is 88.7 Å². The lowest BCUT2D eigenvalue weighted by molar-refractivity contribution is -0.142.